The van der Waals surface area contributed by atoms with Gasteiger partial charge in [-0.1, -0.05) is 29.8 Å². The fourth-order valence-corrected chi connectivity index (χ4v) is 2.02. The second-order valence-electron chi connectivity index (χ2n) is 3.69. The maximum Gasteiger partial charge on any atom is 0.150 e. The van der Waals surface area contributed by atoms with E-state index in [1.165, 1.54) is 18.2 Å². The number of alkyl halides is 1. The maximum absolute atomic E-state index is 13.5. The Morgan fingerprint density at radius 1 is 1.21 bits per heavy atom. The van der Waals surface area contributed by atoms with Gasteiger partial charge in [0, 0.05) is 5.56 Å². The van der Waals surface area contributed by atoms with Gasteiger partial charge in [0.1, 0.15) is 28.9 Å². The van der Waals surface area contributed by atoms with Crippen LogP contribution in [0.4, 0.5) is 4.39 Å². The highest BCUT2D eigenvalue weighted by Crippen LogP contribution is 2.35. The molecule has 0 fully saturated rings. The van der Waals surface area contributed by atoms with Gasteiger partial charge in [-0.3, -0.25) is 0 Å². The molecule has 2 nitrogen and oxygen atoms in total. The molecule has 0 aliphatic carbocycles. The molecule has 5 heteroatoms. The summed E-state index contributed by atoms with van der Waals surface area (Å²) in [6, 6.07) is 11.1. The van der Waals surface area contributed by atoms with Crippen molar-refractivity contribution in [2.24, 2.45) is 0 Å². The molecule has 0 amide bonds. The van der Waals surface area contributed by atoms with Crippen LogP contribution in [0.5, 0.6) is 11.5 Å². The molecule has 0 saturated heterocycles. The van der Waals surface area contributed by atoms with Gasteiger partial charge in [-0.05, 0) is 18.2 Å². The third kappa shape index (κ3) is 2.81. The number of nitriles is 1. The Morgan fingerprint density at radius 2 is 1.95 bits per heavy atom. The van der Waals surface area contributed by atoms with Crippen LogP contribution in [0, 0.1) is 17.1 Å². The highest BCUT2D eigenvalue weighted by molar-refractivity contribution is 6.32. The zero-order chi connectivity index (χ0) is 13.8. The van der Waals surface area contributed by atoms with Crippen molar-refractivity contribution in [1.29, 1.82) is 5.26 Å². The van der Waals surface area contributed by atoms with E-state index < -0.39 is 5.82 Å². The monoisotopic (exact) mass is 295 g/mol. The molecular weight excluding hydrogens is 288 g/mol. The third-order valence-corrected chi connectivity index (χ3v) is 3.08. The fourth-order valence-electron chi connectivity index (χ4n) is 1.58. The predicted octanol–water partition coefficient (Wildman–Crippen LogP) is 4.88. The van der Waals surface area contributed by atoms with E-state index in [4.69, 9.17) is 33.2 Å². The average molecular weight is 296 g/mol. The van der Waals surface area contributed by atoms with Crippen LogP contribution in [-0.2, 0) is 5.88 Å². The quantitative estimate of drug-likeness (QED) is 0.756. The Balaban J connectivity index is 2.48. The summed E-state index contributed by atoms with van der Waals surface area (Å²) in [5.74, 6) is 0.00955. The Kier molecular flexibility index (Phi) is 4.26. The van der Waals surface area contributed by atoms with Crippen LogP contribution in [0.3, 0.4) is 0 Å². The lowest BCUT2D eigenvalue weighted by molar-refractivity contribution is 0.470. The molecule has 0 aromatic heterocycles. The van der Waals surface area contributed by atoms with Crippen LogP contribution in [-0.4, -0.2) is 0 Å². The Morgan fingerprint density at radius 3 is 2.63 bits per heavy atom. The third-order valence-electron chi connectivity index (χ3n) is 2.49. The molecule has 0 bridgehead atoms. The minimum atomic E-state index is -0.639. The van der Waals surface area contributed by atoms with Gasteiger partial charge in [-0.2, -0.15) is 5.26 Å². The molecule has 2 rings (SSSR count). The van der Waals surface area contributed by atoms with E-state index in [2.05, 4.69) is 0 Å². The number of rotatable bonds is 3. The first-order valence-corrected chi connectivity index (χ1v) is 6.28. The summed E-state index contributed by atoms with van der Waals surface area (Å²) in [5.41, 5.74) is 0.505. The molecule has 19 heavy (non-hydrogen) atoms. The van der Waals surface area contributed by atoms with E-state index in [9.17, 15) is 4.39 Å². The molecule has 96 valence electrons. The van der Waals surface area contributed by atoms with Crippen LogP contribution >= 0.6 is 23.2 Å². The van der Waals surface area contributed by atoms with Crippen molar-refractivity contribution in [2.75, 3.05) is 0 Å². The Bertz CT molecular complexity index is 652. The van der Waals surface area contributed by atoms with Crippen molar-refractivity contribution < 1.29 is 9.13 Å². The summed E-state index contributed by atoms with van der Waals surface area (Å²) in [4.78, 5) is 0. The van der Waals surface area contributed by atoms with Crippen LogP contribution in [0.2, 0.25) is 5.02 Å². The van der Waals surface area contributed by atoms with Gasteiger partial charge in [0.15, 0.2) is 0 Å². The van der Waals surface area contributed by atoms with Crippen molar-refractivity contribution in [3.05, 3.63) is 58.4 Å². The number of ether oxygens (including phenoxy) is 1. The highest BCUT2D eigenvalue weighted by atomic mass is 35.5. The van der Waals surface area contributed by atoms with Gasteiger partial charge in [0.05, 0.1) is 10.9 Å². The molecule has 0 atom stereocenters. The molecule has 2 aromatic rings. The van der Waals surface area contributed by atoms with E-state index in [1.54, 1.807) is 24.3 Å². The average Bonchev–Trinajstić information content (AvgIpc) is 2.41. The van der Waals surface area contributed by atoms with Crippen molar-refractivity contribution in [3.8, 4) is 17.6 Å². The zero-order valence-electron chi connectivity index (χ0n) is 9.66. The molecule has 2 aromatic carbocycles. The smallest absolute Gasteiger partial charge is 0.150 e. The number of benzene rings is 2. The largest absolute Gasteiger partial charge is 0.454 e. The molecule has 0 spiro atoms. The highest BCUT2D eigenvalue weighted by Gasteiger charge is 2.14. The summed E-state index contributed by atoms with van der Waals surface area (Å²) in [7, 11) is 0. The normalized spacial score (nSPS) is 10.0. The van der Waals surface area contributed by atoms with Gasteiger partial charge in [-0.15, -0.1) is 11.6 Å². The molecule has 0 N–H and O–H groups in total. The predicted molar refractivity (Wildman–Crippen MR) is 72.2 cm³/mol. The zero-order valence-corrected chi connectivity index (χ0v) is 11.2. The second-order valence-corrected chi connectivity index (χ2v) is 4.36. The SMILES string of the molecule is N#Cc1c(F)cccc1Oc1c(Cl)cccc1CCl. The van der Waals surface area contributed by atoms with Crippen molar-refractivity contribution in [3.63, 3.8) is 0 Å². The minimum Gasteiger partial charge on any atom is -0.454 e. The fraction of sp³-hybridized carbons (Fsp3) is 0.0714. The molecule has 0 aliphatic rings. The molecule has 0 unspecified atom stereocenters. The van der Waals surface area contributed by atoms with Gasteiger partial charge in [0.2, 0.25) is 0 Å². The van der Waals surface area contributed by atoms with Gasteiger partial charge < -0.3 is 4.74 Å². The number of halogens is 3. The minimum absolute atomic E-state index is 0.113. The summed E-state index contributed by atoms with van der Waals surface area (Å²) >= 11 is 11.8. The number of hydrogen-bond acceptors (Lipinski definition) is 2. The van der Waals surface area contributed by atoms with Gasteiger partial charge in [0.25, 0.3) is 0 Å². The van der Waals surface area contributed by atoms with Crippen molar-refractivity contribution >= 4 is 23.2 Å². The Hall–Kier alpha value is -1.76. The van der Waals surface area contributed by atoms with Crippen molar-refractivity contribution in [2.45, 2.75) is 5.88 Å². The van der Waals surface area contributed by atoms with E-state index >= 15 is 0 Å². The van der Waals surface area contributed by atoms with Crippen LogP contribution in [0.1, 0.15) is 11.1 Å². The number of hydrogen-bond donors (Lipinski definition) is 0. The maximum atomic E-state index is 13.5. The van der Waals surface area contributed by atoms with E-state index in [0.29, 0.717) is 16.3 Å². The number of nitrogens with zero attached hydrogens (tertiary/aromatic N) is 1. The van der Waals surface area contributed by atoms with Crippen LogP contribution < -0.4 is 4.74 Å². The van der Waals surface area contributed by atoms with E-state index in [0.717, 1.165) is 0 Å². The molecule has 0 aliphatic heterocycles. The lowest BCUT2D eigenvalue weighted by Crippen LogP contribution is -1.95. The first-order valence-electron chi connectivity index (χ1n) is 5.37. The topological polar surface area (TPSA) is 33.0 Å². The first-order chi connectivity index (χ1) is 9.17. The standard InChI is InChI=1S/C14H8Cl2FNO/c15-7-9-3-1-4-11(16)14(9)19-13-6-2-5-12(17)10(13)8-18/h1-6H,7H2. The summed E-state index contributed by atoms with van der Waals surface area (Å²) in [6.45, 7) is 0. The first kappa shape index (κ1) is 13.7. The summed E-state index contributed by atoms with van der Waals surface area (Å²) < 4.78 is 19.0. The van der Waals surface area contributed by atoms with Gasteiger partial charge >= 0.3 is 0 Å². The van der Waals surface area contributed by atoms with E-state index in [1.807, 2.05) is 0 Å². The van der Waals surface area contributed by atoms with Crippen LogP contribution in [0.15, 0.2) is 36.4 Å². The van der Waals surface area contributed by atoms with E-state index in [-0.39, 0.29) is 17.2 Å². The van der Waals surface area contributed by atoms with Gasteiger partial charge in [-0.25, -0.2) is 4.39 Å². The molecular formula is C14H8Cl2FNO. The molecule has 0 radical (unpaired) electrons. The van der Waals surface area contributed by atoms with Crippen LogP contribution in [0.25, 0.3) is 0 Å². The Labute approximate surface area is 119 Å². The molecule has 0 heterocycles. The van der Waals surface area contributed by atoms with Crippen molar-refractivity contribution in [1.82, 2.24) is 0 Å². The lowest BCUT2D eigenvalue weighted by atomic mass is 10.2. The summed E-state index contributed by atoms with van der Waals surface area (Å²) in [6.07, 6.45) is 0. The molecule has 0 saturated carbocycles. The lowest BCUT2D eigenvalue weighted by Gasteiger charge is -2.12. The summed E-state index contributed by atoms with van der Waals surface area (Å²) in [5, 5.41) is 9.30. The second kappa shape index (κ2) is 5.92. The number of para-hydroxylation sites is 1.